The molecule has 0 bridgehead atoms. The number of fused-ring (bicyclic) bond motifs is 2. The van der Waals surface area contributed by atoms with Crippen molar-refractivity contribution in [1.82, 2.24) is 4.90 Å². The van der Waals surface area contributed by atoms with E-state index in [1.165, 1.54) is 0 Å². The van der Waals surface area contributed by atoms with Crippen LogP contribution < -0.4 is 5.32 Å². The zero-order chi connectivity index (χ0) is 19.1. The molecule has 2 aliphatic rings. The average Bonchev–Trinajstić information content (AvgIpc) is 3.19. The van der Waals surface area contributed by atoms with E-state index in [1.807, 2.05) is 12.1 Å². The molecule has 1 heterocycles. The Bertz CT molecular complexity index is 1010. The van der Waals surface area contributed by atoms with Crippen LogP contribution in [0.3, 0.4) is 0 Å². The molecule has 0 saturated heterocycles. The minimum absolute atomic E-state index is 0.0965. The lowest BCUT2D eigenvalue weighted by molar-refractivity contribution is -0.118. The molecule has 2 atom stereocenters. The molecule has 0 radical (unpaired) electrons. The van der Waals surface area contributed by atoms with Crippen LogP contribution in [0.25, 0.3) is 0 Å². The summed E-state index contributed by atoms with van der Waals surface area (Å²) in [7, 11) is 1.79. The number of carbonyl (C=O) groups is 1. The van der Waals surface area contributed by atoms with Crippen LogP contribution in [0.1, 0.15) is 17.2 Å². The molecule has 9 heteroatoms. The smallest absolute Gasteiger partial charge is 0.238 e. The van der Waals surface area contributed by atoms with Gasteiger partial charge in [0.2, 0.25) is 5.91 Å². The molecule has 1 aliphatic heterocycles. The number of carbonyl (C=O) groups excluding carboxylic acids is 1. The Morgan fingerprint density at radius 3 is 3.00 bits per heavy atom. The van der Waals surface area contributed by atoms with E-state index in [4.69, 9.17) is 23.2 Å². The Balaban J connectivity index is 1.50. The number of nitrogens with one attached hydrogen (secondary N) is 1. The molecule has 27 heavy (non-hydrogen) atoms. The second kappa shape index (κ2) is 7.33. The summed E-state index contributed by atoms with van der Waals surface area (Å²) < 4.78 is 8.40. The van der Waals surface area contributed by atoms with Crippen molar-refractivity contribution < 1.29 is 9.90 Å². The van der Waals surface area contributed by atoms with Gasteiger partial charge in [0.25, 0.3) is 0 Å². The van der Waals surface area contributed by atoms with E-state index >= 15 is 0 Å². The van der Waals surface area contributed by atoms with Gasteiger partial charge in [0.15, 0.2) is 0 Å². The Hall–Kier alpha value is -1.77. The summed E-state index contributed by atoms with van der Waals surface area (Å²) in [5, 5.41) is 14.5. The molecule has 2 N–H and O–H groups in total. The largest absolute Gasteiger partial charge is 0.391 e. The molecule has 1 aliphatic carbocycles. The van der Waals surface area contributed by atoms with Gasteiger partial charge in [-0.25, -0.2) is 0 Å². The molecule has 0 saturated carbocycles. The summed E-state index contributed by atoms with van der Waals surface area (Å²) in [5.74, 6) is -0.202. The number of hydrogen-bond acceptors (Lipinski definition) is 5. The zero-order valence-electron chi connectivity index (χ0n) is 14.3. The molecule has 1 amide bonds. The molecule has 6 nitrogen and oxygen atoms in total. The predicted octanol–water partition coefficient (Wildman–Crippen LogP) is 4.25. The molecule has 2 aromatic rings. The van der Waals surface area contributed by atoms with Gasteiger partial charge in [-0.05, 0) is 42.4 Å². The van der Waals surface area contributed by atoms with Crippen LogP contribution in [-0.2, 0) is 22.6 Å². The second-order valence-electron chi connectivity index (χ2n) is 6.57. The number of hydrogen-bond donors (Lipinski definition) is 2. The van der Waals surface area contributed by atoms with Crippen LogP contribution in [0, 0.1) is 0 Å². The van der Waals surface area contributed by atoms with E-state index in [-0.39, 0.29) is 18.5 Å². The molecule has 0 spiro atoms. The SMILES string of the molecule is CN(CC(=O)Nc1cccc2c1N=S=N2)[C@@H]1c2cc(Cl)cc(Cl)c2C[C@H]1O. The number of likely N-dealkylation sites (N-methyl/N-ethyl adjacent to an activating group) is 1. The van der Waals surface area contributed by atoms with Crippen molar-refractivity contribution in [2.45, 2.75) is 18.6 Å². The minimum Gasteiger partial charge on any atom is -0.391 e. The van der Waals surface area contributed by atoms with Crippen LogP contribution in [0.15, 0.2) is 39.1 Å². The highest BCUT2D eigenvalue weighted by Crippen LogP contribution is 2.41. The van der Waals surface area contributed by atoms with Crippen LogP contribution in [0.5, 0.6) is 0 Å². The lowest BCUT2D eigenvalue weighted by atomic mass is 10.1. The molecular formula is C18H16Cl2N4O2S. The third-order valence-electron chi connectivity index (χ3n) is 4.72. The normalized spacial score (nSPS) is 19.7. The number of nitrogens with zero attached hydrogens (tertiary/aromatic N) is 3. The fraction of sp³-hybridized carbons (Fsp3) is 0.278. The van der Waals surface area contributed by atoms with Crippen molar-refractivity contribution in [3.63, 3.8) is 0 Å². The fourth-order valence-electron chi connectivity index (χ4n) is 3.58. The monoisotopic (exact) mass is 422 g/mol. The van der Waals surface area contributed by atoms with E-state index < -0.39 is 6.10 Å². The van der Waals surface area contributed by atoms with Crippen molar-refractivity contribution in [1.29, 1.82) is 0 Å². The van der Waals surface area contributed by atoms with Gasteiger partial charge < -0.3 is 10.4 Å². The predicted molar refractivity (Wildman–Crippen MR) is 108 cm³/mol. The van der Waals surface area contributed by atoms with Crippen LogP contribution in [0.4, 0.5) is 17.1 Å². The summed E-state index contributed by atoms with van der Waals surface area (Å²) in [6.45, 7) is 0.0965. The third kappa shape index (κ3) is 3.53. The molecular weight excluding hydrogens is 407 g/mol. The van der Waals surface area contributed by atoms with Gasteiger partial charge >= 0.3 is 0 Å². The van der Waals surface area contributed by atoms with Crippen LogP contribution in [0.2, 0.25) is 10.0 Å². The highest BCUT2D eigenvalue weighted by Gasteiger charge is 2.36. The van der Waals surface area contributed by atoms with Crippen molar-refractivity contribution in [2.75, 3.05) is 18.9 Å². The molecule has 0 fully saturated rings. The molecule has 0 aromatic heterocycles. The van der Waals surface area contributed by atoms with E-state index in [9.17, 15) is 9.90 Å². The topological polar surface area (TPSA) is 77.3 Å². The standard InChI is InChI=1S/C18H16Cl2N4O2S/c1-24(18-11-5-9(19)6-12(20)10(11)7-15(18)25)8-16(26)21-13-3-2-4-14-17(13)23-27-22-14/h2-6,15,18,25H,7-8H2,1H3,(H,21,26)/t15-,18-/m1/s1. The second-order valence-corrected chi connectivity index (χ2v) is 7.94. The summed E-state index contributed by atoms with van der Waals surface area (Å²) >= 11 is 13.5. The summed E-state index contributed by atoms with van der Waals surface area (Å²) in [6, 6.07) is 8.59. The van der Waals surface area contributed by atoms with Crippen molar-refractivity contribution in [3.05, 3.63) is 51.5 Å². The van der Waals surface area contributed by atoms with Gasteiger partial charge in [-0.15, -0.1) is 0 Å². The Morgan fingerprint density at radius 1 is 1.37 bits per heavy atom. The van der Waals surface area contributed by atoms with Gasteiger partial charge in [0.05, 0.1) is 35.7 Å². The molecule has 140 valence electrons. The maximum Gasteiger partial charge on any atom is 0.238 e. The van der Waals surface area contributed by atoms with Crippen molar-refractivity contribution in [2.24, 2.45) is 8.73 Å². The van der Waals surface area contributed by atoms with Gasteiger partial charge in [-0.3, -0.25) is 9.69 Å². The number of anilines is 1. The Kier molecular flexibility index (Phi) is 5.05. The number of benzene rings is 2. The summed E-state index contributed by atoms with van der Waals surface area (Å²) in [6.07, 6.45) is -0.217. The lowest BCUT2D eigenvalue weighted by Gasteiger charge is -2.27. The van der Waals surface area contributed by atoms with Crippen molar-refractivity contribution in [3.8, 4) is 0 Å². The number of halogens is 2. The Morgan fingerprint density at radius 2 is 2.19 bits per heavy atom. The van der Waals surface area contributed by atoms with Gasteiger partial charge in [0, 0.05) is 16.5 Å². The molecule has 4 rings (SSSR count). The molecule has 2 aromatic carbocycles. The quantitative estimate of drug-likeness (QED) is 0.659. The van der Waals surface area contributed by atoms with Gasteiger partial charge in [-0.1, -0.05) is 29.3 Å². The first kappa shape index (κ1) is 18.6. The zero-order valence-corrected chi connectivity index (χ0v) is 16.6. The van der Waals surface area contributed by atoms with Crippen molar-refractivity contribution >= 4 is 57.5 Å². The summed E-state index contributed by atoms with van der Waals surface area (Å²) in [4.78, 5) is 14.4. The number of aliphatic hydroxyl groups excluding tert-OH is 1. The lowest BCUT2D eigenvalue weighted by Crippen LogP contribution is -2.37. The fourth-order valence-corrected chi connectivity index (χ4v) is 4.72. The van der Waals surface area contributed by atoms with Gasteiger partial charge in [-0.2, -0.15) is 8.73 Å². The number of aliphatic hydroxyl groups is 1. The number of rotatable bonds is 4. The highest BCUT2D eigenvalue weighted by molar-refractivity contribution is 7.58. The molecule has 0 unspecified atom stereocenters. The van der Waals surface area contributed by atoms with E-state index in [0.717, 1.165) is 28.2 Å². The van der Waals surface area contributed by atoms with Crippen LogP contribution in [-0.4, -0.2) is 35.6 Å². The first-order chi connectivity index (χ1) is 12.9. The minimum atomic E-state index is -0.653. The maximum absolute atomic E-state index is 12.6. The highest BCUT2D eigenvalue weighted by atomic mass is 35.5. The maximum atomic E-state index is 12.6. The summed E-state index contributed by atoms with van der Waals surface area (Å²) in [5.41, 5.74) is 3.78. The van der Waals surface area contributed by atoms with Crippen LogP contribution >= 0.6 is 23.2 Å². The first-order valence-corrected chi connectivity index (χ1v) is 9.80. The van der Waals surface area contributed by atoms with Gasteiger partial charge in [0.1, 0.15) is 11.4 Å². The van der Waals surface area contributed by atoms with E-state index in [1.54, 1.807) is 30.1 Å². The average molecular weight is 423 g/mol. The number of amides is 1. The first-order valence-electron chi connectivity index (χ1n) is 8.31. The third-order valence-corrected chi connectivity index (χ3v) is 5.82. The Labute approximate surface area is 170 Å². The van der Waals surface area contributed by atoms with E-state index in [2.05, 4.69) is 14.0 Å². The van der Waals surface area contributed by atoms with E-state index in [0.29, 0.717) is 27.8 Å².